The minimum absolute atomic E-state index is 0.234. The van der Waals surface area contributed by atoms with Gasteiger partial charge in [-0.05, 0) is 49.3 Å². The molecule has 2 N–H and O–H groups in total. The van der Waals surface area contributed by atoms with E-state index in [1.165, 1.54) is 37.1 Å². The lowest BCUT2D eigenvalue weighted by Crippen LogP contribution is -2.40. The molecule has 1 unspecified atom stereocenters. The van der Waals surface area contributed by atoms with Crippen LogP contribution in [0.5, 0.6) is 0 Å². The second-order valence-electron chi connectivity index (χ2n) is 5.88. The maximum Gasteiger partial charge on any atom is 0.0398 e. The van der Waals surface area contributed by atoms with Crippen molar-refractivity contribution in [2.75, 3.05) is 24.5 Å². The van der Waals surface area contributed by atoms with E-state index >= 15 is 0 Å². The highest BCUT2D eigenvalue weighted by Crippen LogP contribution is 2.30. The monoisotopic (exact) mass is 246 g/mol. The normalized spacial score (nSPS) is 18.9. The maximum atomic E-state index is 5.97. The number of benzene rings is 1. The molecule has 1 aromatic carbocycles. The van der Waals surface area contributed by atoms with E-state index in [2.05, 4.69) is 43.0 Å². The van der Waals surface area contributed by atoms with Crippen molar-refractivity contribution in [3.63, 3.8) is 0 Å². The van der Waals surface area contributed by atoms with Gasteiger partial charge >= 0.3 is 0 Å². The molecule has 0 spiro atoms. The molecule has 0 aliphatic carbocycles. The summed E-state index contributed by atoms with van der Waals surface area (Å²) < 4.78 is 0. The Bertz CT molecular complexity index is 382. The molecule has 1 aliphatic heterocycles. The van der Waals surface area contributed by atoms with E-state index in [0.29, 0.717) is 0 Å². The van der Waals surface area contributed by atoms with Crippen molar-refractivity contribution in [3.8, 4) is 0 Å². The van der Waals surface area contributed by atoms with Crippen LogP contribution in [0.15, 0.2) is 24.3 Å². The zero-order valence-electron chi connectivity index (χ0n) is 11.8. The average Bonchev–Trinajstić information content (AvgIpc) is 2.61. The Hall–Kier alpha value is -1.02. The minimum Gasteiger partial charge on any atom is -0.371 e. The Kier molecular flexibility index (Phi) is 4.28. The molecular formula is C16H26N2. The van der Waals surface area contributed by atoms with Crippen LogP contribution in [-0.2, 0) is 6.42 Å². The first-order chi connectivity index (χ1) is 8.68. The van der Waals surface area contributed by atoms with Crippen molar-refractivity contribution >= 4 is 5.69 Å². The number of hydrogen-bond donors (Lipinski definition) is 1. The second kappa shape index (κ2) is 5.75. The molecule has 18 heavy (non-hydrogen) atoms. The van der Waals surface area contributed by atoms with Crippen molar-refractivity contribution < 1.29 is 0 Å². The Morgan fingerprint density at radius 1 is 1.28 bits per heavy atom. The van der Waals surface area contributed by atoms with Crippen LogP contribution in [0.1, 0.15) is 38.7 Å². The van der Waals surface area contributed by atoms with Crippen LogP contribution in [0.2, 0.25) is 0 Å². The molecule has 0 fully saturated rings. The molecule has 2 nitrogen and oxygen atoms in total. The van der Waals surface area contributed by atoms with Crippen LogP contribution in [0.25, 0.3) is 0 Å². The van der Waals surface area contributed by atoms with Crippen LogP contribution in [0, 0.1) is 5.41 Å². The topological polar surface area (TPSA) is 29.3 Å². The maximum absolute atomic E-state index is 5.97. The molecule has 0 saturated heterocycles. The Balaban J connectivity index is 2.23. The van der Waals surface area contributed by atoms with E-state index in [-0.39, 0.29) is 5.41 Å². The lowest BCUT2D eigenvalue weighted by atomic mass is 9.87. The molecule has 2 rings (SSSR count). The molecule has 2 heteroatoms. The quantitative estimate of drug-likeness (QED) is 0.884. The van der Waals surface area contributed by atoms with Gasteiger partial charge in [0.2, 0.25) is 0 Å². The third kappa shape index (κ3) is 2.86. The van der Waals surface area contributed by atoms with Gasteiger partial charge in [-0.1, -0.05) is 32.0 Å². The third-order valence-corrected chi connectivity index (χ3v) is 4.38. The summed E-state index contributed by atoms with van der Waals surface area (Å²) in [6.07, 6.45) is 4.96. The predicted octanol–water partition coefficient (Wildman–Crippen LogP) is 3.20. The van der Waals surface area contributed by atoms with Gasteiger partial charge in [-0.15, -0.1) is 0 Å². The molecule has 100 valence electrons. The predicted molar refractivity (Wildman–Crippen MR) is 79.0 cm³/mol. The summed E-state index contributed by atoms with van der Waals surface area (Å²) in [6.45, 7) is 7.57. The summed E-state index contributed by atoms with van der Waals surface area (Å²) in [5, 5.41) is 0. The van der Waals surface area contributed by atoms with Crippen molar-refractivity contribution in [2.24, 2.45) is 11.1 Å². The number of para-hydroxylation sites is 1. The van der Waals surface area contributed by atoms with Crippen LogP contribution in [0.3, 0.4) is 0 Å². The van der Waals surface area contributed by atoms with E-state index in [0.717, 1.165) is 19.5 Å². The van der Waals surface area contributed by atoms with Crippen molar-refractivity contribution in [3.05, 3.63) is 29.8 Å². The molecule has 0 bridgehead atoms. The summed E-state index contributed by atoms with van der Waals surface area (Å²) in [5.74, 6) is 0. The molecule has 1 aliphatic rings. The number of aryl methyl sites for hydroxylation is 1. The van der Waals surface area contributed by atoms with Gasteiger partial charge in [0.25, 0.3) is 0 Å². The lowest BCUT2D eigenvalue weighted by molar-refractivity contribution is 0.324. The van der Waals surface area contributed by atoms with Crippen LogP contribution in [-0.4, -0.2) is 19.6 Å². The summed E-state index contributed by atoms with van der Waals surface area (Å²) in [5.41, 5.74) is 9.14. The van der Waals surface area contributed by atoms with E-state index in [1.807, 2.05) is 0 Å². The van der Waals surface area contributed by atoms with E-state index in [9.17, 15) is 0 Å². The van der Waals surface area contributed by atoms with Gasteiger partial charge in [0, 0.05) is 18.8 Å². The first kappa shape index (κ1) is 13.4. The Morgan fingerprint density at radius 3 is 2.78 bits per heavy atom. The molecule has 0 aromatic heterocycles. The number of hydrogen-bond acceptors (Lipinski definition) is 2. The smallest absolute Gasteiger partial charge is 0.0398 e. The summed E-state index contributed by atoms with van der Waals surface area (Å²) >= 11 is 0. The Morgan fingerprint density at radius 2 is 2.06 bits per heavy atom. The fraction of sp³-hybridized carbons (Fsp3) is 0.625. The van der Waals surface area contributed by atoms with Gasteiger partial charge in [0.1, 0.15) is 0 Å². The number of anilines is 1. The van der Waals surface area contributed by atoms with Crippen LogP contribution >= 0.6 is 0 Å². The van der Waals surface area contributed by atoms with Gasteiger partial charge in [-0.25, -0.2) is 0 Å². The number of rotatable bonds is 4. The van der Waals surface area contributed by atoms with Gasteiger partial charge in [0.05, 0.1) is 0 Å². The molecule has 1 aromatic rings. The highest BCUT2D eigenvalue weighted by molar-refractivity contribution is 5.54. The van der Waals surface area contributed by atoms with Crippen molar-refractivity contribution in [1.82, 2.24) is 0 Å². The molecule has 1 heterocycles. The molecule has 1 atom stereocenters. The van der Waals surface area contributed by atoms with Crippen LogP contribution in [0.4, 0.5) is 5.69 Å². The minimum atomic E-state index is 0.234. The zero-order valence-corrected chi connectivity index (χ0v) is 11.8. The molecular weight excluding hydrogens is 220 g/mol. The molecule has 0 saturated carbocycles. The fourth-order valence-corrected chi connectivity index (χ4v) is 2.71. The van der Waals surface area contributed by atoms with E-state index < -0.39 is 0 Å². The number of fused-ring (bicyclic) bond motifs is 1. The van der Waals surface area contributed by atoms with E-state index in [4.69, 9.17) is 5.73 Å². The van der Waals surface area contributed by atoms with Gasteiger partial charge < -0.3 is 10.6 Å². The Labute approximate surface area is 111 Å². The molecule has 0 radical (unpaired) electrons. The standard InChI is InChI=1S/C16H26N2/c1-3-16(2,12-17)13-18-11-7-6-9-14-8-4-5-10-15(14)18/h4-5,8,10H,3,6-7,9,11-13,17H2,1-2H3. The number of nitrogens with zero attached hydrogens (tertiary/aromatic N) is 1. The van der Waals surface area contributed by atoms with Gasteiger partial charge in [-0.2, -0.15) is 0 Å². The number of nitrogens with two attached hydrogens (primary N) is 1. The SMILES string of the molecule is CCC(C)(CN)CN1CCCCc2ccccc21. The summed E-state index contributed by atoms with van der Waals surface area (Å²) in [7, 11) is 0. The third-order valence-electron chi connectivity index (χ3n) is 4.38. The molecule has 0 amide bonds. The largest absolute Gasteiger partial charge is 0.371 e. The highest BCUT2D eigenvalue weighted by atomic mass is 15.1. The highest BCUT2D eigenvalue weighted by Gasteiger charge is 2.25. The average molecular weight is 246 g/mol. The van der Waals surface area contributed by atoms with Gasteiger partial charge in [-0.3, -0.25) is 0 Å². The summed E-state index contributed by atoms with van der Waals surface area (Å²) in [6, 6.07) is 8.86. The van der Waals surface area contributed by atoms with Crippen LogP contribution < -0.4 is 10.6 Å². The first-order valence-electron chi connectivity index (χ1n) is 7.21. The van der Waals surface area contributed by atoms with Crippen molar-refractivity contribution in [1.29, 1.82) is 0 Å². The van der Waals surface area contributed by atoms with Gasteiger partial charge in [0.15, 0.2) is 0 Å². The van der Waals surface area contributed by atoms with Crippen molar-refractivity contribution in [2.45, 2.75) is 39.5 Å². The second-order valence-corrected chi connectivity index (χ2v) is 5.88. The zero-order chi connectivity index (χ0) is 13.0. The van der Waals surface area contributed by atoms with E-state index in [1.54, 1.807) is 0 Å². The lowest BCUT2D eigenvalue weighted by Gasteiger charge is -2.35. The first-order valence-corrected chi connectivity index (χ1v) is 7.21. The summed E-state index contributed by atoms with van der Waals surface area (Å²) in [4.78, 5) is 2.55. The fourth-order valence-electron chi connectivity index (χ4n) is 2.71.